The molecule has 3 aromatic rings. The number of furan rings is 1. The quantitative estimate of drug-likeness (QED) is 0.466. The molecule has 0 atom stereocenters. The highest BCUT2D eigenvalue weighted by Gasteiger charge is 2.21. The van der Waals surface area contributed by atoms with Gasteiger partial charge in [0.25, 0.3) is 11.6 Å². The smallest absolute Gasteiger partial charge is 0.288 e. The normalized spacial score (nSPS) is 10.5. The molecule has 1 amide bonds. The van der Waals surface area contributed by atoms with Crippen molar-refractivity contribution < 1.29 is 14.1 Å². The molecule has 0 bridgehead atoms. The molecule has 0 aliphatic carbocycles. The van der Waals surface area contributed by atoms with E-state index >= 15 is 0 Å². The Morgan fingerprint density at radius 1 is 1.08 bits per heavy atom. The van der Waals surface area contributed by atoms with Crippen molar-refractivity contribution in [1.29, 1.82) is 0 Å². The van der Waals surface area contributed by atoms with Gasteiger partial charge < -0.3 is 9.32 Å². The summed E-state index contributed by atoms with van der Waals surface area (Å²) in [5, 5.41) is 11.1. The van der Waals surface area contributed by atoms with Crippen LogP contribution in [0.4, 0.5) is 5.69 Å². The van der Waals surface area contributed by atoms with Gasteiger partial charge in [0.05, 0.1) is 17.7 Å². The minimum absolute atomic E-state index is 0.00723. The van der Waals surface area contributed by atoms with E-state index in [-0.39, 0.29) is 28.7 Å². The second-order valence-corrected chi connectivity index (χ2v) is 6.06. The Morgan fingerprint density at radius 3 is 2.50 bits per heavy atom. The summed E-state index contributed by atoms with van der Waals surface area (Å²) in [6, 6.07) is 17.0. The lowest BCUT2D eigenvalue weighted by Gasteiger charge is -2.22. The Hall–Kier alpha value is -3.12. The highest BCUT2D eigenvalue weighted by atomic mass is 35.5. The number of nitrogens with zero attached hydrogens (tertiary/aromatic N) is 2. The highest BCUT2D eigenvalue weighted by Crippen LogP contribution is 2.26. The number of hydrogen-bond donors (Lipinski definition) is 0. The molecule has 7 heteroatoms. The molecule has 0 radical (unpaired) electrons. The molecule has 0 aliphatic heterocycles. The summed E-state index contributed by atoms with van der Waals surface area (Å²) in [7, 11) is 0. The van der Waals surface area contributed by atoms with Gasteiger partial charge in [0.1, 0.15) is 10.8 Å². The van der Waals surface area contributed by atoms with Crippen LogP contribution in [0.1, 0.15) is 21.7 Å². The predicted octanol–water partition coefficient (Wildman–Crippen LogP) is 4.68. The second kappa shape index (κ2) is 7.84. The van der Waals surface area contributed by atoms with Gasteiger partial charge in [0.15, 0.2) is 0 Å². The molecular weight excluding hydrogens is 356 g/mol. The van der Waals surface area contributed by atoms with Crippen molar-refractivity contribution in [3.63, 3.8) is 0 Å². The van der Waals surface area contributed by atoms with Crippen LogP contribution in [0.15, 0.2) is 71.3 Å². The fourth-order valence-corrected chi connectivity index (χ4v) is 2.75. The molecule has 0 aliphatic rings. The van der Waals surface area contributed by atoms with Crippen molar-refractivity contribution >= 4 is 23.2 Å². The SMILES string of the molecule is O=C(c1ccc(Cl)c([N+](=O)[O-])c1)N(Cc1ccccc1)Cc1ccco1. The van der Waals surface area contributed by atoms with Gasteiger partial charge in [-0.3, -0.25) is 14.9 Å². The number of nitro groups is 1. The zero-order valence-electron chi connectivity index (χ0n) is 13.7. The molecule has 2 aromatic carbocycles. The number of halogens is 1. The van der Waals surface area contributed by atoms with Crippen LogP contribution < -0.4 is 0 Å². The van der Waals surface area contributed by atoms with Crippen molar-refractivity contribution in [1.82, 2.24) is 4.90 Å². The van der Waals surface area contributed by atoms with Crippen molar-refractivity contribution in [2.75, 3.05) is 0 Å². The number of amides is 1. The van der Waals surface area contributed by atoms with Crippen molar-refractivity contribution in [2.45, 2.75) is 13.1 Å². The number of carbonyl (C=O) groups is 1. The highest BCUT2D eigenvalue weighted by molar-refractivity contribution is 6.32. The van der Waals surface area contributed by atoms with Crippen LogP contribution in [0.2, 0.25) is 5.02 Å². The second-order valence-electron chi connectivity index (χ2n) is 5.65. The lowest BCUT2D eigenvalue weighted by Crippen LogP contribution is -2.30. The van der Waals surface area contributed by atoms with Crippen molar-refractivity contribution in [2.24, 2.45) is 0 Å². The molecule has 3 rings (SSSR count). The van der Waals surface area contributed by atoms with Gasteiger partial charge in [-0.15, -0.1) is 0 Å². The summed E-state index contributed by atoms with van der Waals surface area (Å²) in [5.41, 5.74) is 0.842. The Morgan fingerprint density at radius 2 is 1.85 bits per heavy atom. The number of carbonyl (C=O) groups excluding carboxylic acids is 1. The monoisotopic (exact) mass is 370 g/mol. The van der Waals surface area contributed by atoms with Gasteiger partial charge in [-0.2, -0.15) is 0 Å². The average Bonchev–Trinajstić information content (AvgIpc) is 3.15. The Kier molecular flexibility index (Phi) is 5.34. The van der Waals surface area contributed by atoms with Crippen LogP contribution in [0.5, 0.6) is 0 Å². The van der Waals surface area contributed by atoms with Crippen LogP contribution >= 0.6 is 11.6 Å². The number of benzene rings is 2. The number of nitro benzene ring substituents is 1. The molecule has 0 N–H and O–H groups in total. The minimum Gasteiger partial charge on any atom is -0.467 e. The molecule has 1 aromatic heterocycles. The minimum atomic E-state index is -0.604. The first-order chi connectivity index (χ1) is 12.5. The zero-order chi connectivity index (χ0) is 18.5. The summed E-state index contributed by atoms with van der Waals surface area (Å²) in [5.74, 6) is 0.280. The summed E-state index contributed by atoms with van der Waals surface area (Å²) in [4.78, 5) is 25.0. The van der Waals surface area contributed by atoms with Crippen LogP contribution in [0, 0.1) is 10.1 Å². The molecule has 6 nitrogen and oxygen atoms in total. The number of rotatable bonds is 6. The third-order valence-corrected chi connectivity index (χ3v) is 4.14. The van der Waals surface area contributed by atoms with E-state index in [4.69, 9.17) is 16.0 Å². The fourth-order valence-electron chi connectivity index (χ4n) is 2.56. The summed E-state index contributed by atoms with van der Waals surface area (Å²) in [6.45, 7) is 0.591. The first kappa shape index (κ1) is 17.7. The van der Waals surface area contributed by atoms with Gasteiger partial charge in [-0.25, -0.2) is 0 Å². The zero-order valence-corrected chi connectivity index (χ0v) is 14.4. The maximum Gasteiger partial charge on any atom is 0.288 e. The van der Waals surface area contributed by atoms with Crippen LogP contribution in [-0.4, -0.2) is 15.7 Å². The fraction of sp³-hybridized carbons (Fsp3) is 0.105. The van der Waals surface area contributed by atoms with E-state index in [0.717, 1.165) is 5.56 Å². The van der Waals surface area contributed by atoms with Gasteiger partial charge in [-0.1, -0.05) is 41.9 Å². The largest absolute Gasteiger partial charge is 0.467 e. The maximum absolute atomic E-state index is 13.0. The van der Waals surface area contributed by atoms with E-state index in [2.05, 4.69) is 0 Å². The van der Waals surface area contributed by atoms with E-state index in [1.165, 1.54) is 24.5 Å². The van der Waals surface area contributed by atoms with E-state index < -0.39 is 4.92 Å². The maximum atomic E-state index is 13.0. The van der Waals surface area contributed by atoms with Gasteiger partial charge in [0, 0.05) is 18.2 Å². The predicted molar refractivity (Wildman–Crippen MR) is 96.8 cm³/mol. The van der Waals surface area contributed by atoms with E-state index in [1.807, 2.05) is 30.3 Å². The van der Waals surface area contributed by atoms with Crippen molar-refractivity contribution in [3.8, 4) is 0 Å². The molecule has 0 saturated heterocycles. The molecular formula is C19H15ClN2O4. The summed E-state index contributed by atoms with van der Waals surface area (Å²) in [6.07, 6.45) is 1.54. The lowest BCUT2D eigenvalue weighted by atomic mass is 10.1. The standard InChI is InChI=1S/C19H15ClN2O4/c20-17-9-8-15(11-18(17)22(24)25)19(23)21(13-16-7-4-10-26-16)12-14-5-2-1-3-6-14/h1-11H,12-13H2. The van der Waals surface area contributed by atoms with E-state index in [9.17, 15) is 14.9 Å². The molecule has 1 heterocycles. The Labute approximate surface area is 154 Å². The summed E-state index contributed by atoms with van der Waals surface area (Å²) < 4.78 is 5.35. The third-order valence-electron chi connectivity index (χ3n) is 3.82. The topological polar surface area (TPSA) is 76.6 Å². The van der Waals surface area contributed by atoms with Crippen LogP contribution in [-0.2, 0) is 13.1 Å². The lowest BCUT2D eigenvalue weighted by molar-refractivity contribution is -0.384. The molecule has 26 heavy (non-hydrogen) atoms. The summed E-state index contributed by atoms with van der Waals surface area (Å²) >= 11 is 5.84. The Balaban J connectivity index is 1.91. The number of hydrogen-bond acceptors (Lipinski definition) is 4. The first-order valence-electron chi connectivity index (χ1n) is 7.84. The molecule has 0 unspecified atom stereocenters. The van der Waals surface area contributed by atoms with Gasteiger partial charge >= 0.3 is 0 Å². The van der Waals surface area contributed by atoms with Crippen LogP contribution in [0.25, 0.3) is 0 Å². The first-order valence-corrected chi connectivity index (χ1v) is 8.22. The van der Waals surface area contributed by atoms with E-state index in [0.29, 0.717) is 12.3 Å². The van der Waals surface area contributed by atoms with Crippen molar-refractivity contribution in [3.05, 3.63) is 99.0 Å². The molecule has 0 spiro atoms. The third kappa shape index (κ3) is 4.10. The average molecular weight is 371 g/mol. The van der Waals surface area contributed by atoms with Gasteiger partial charge in [-0.05, 0) is 29.8 Å². The van der Waals surface area contributed by atoms with Crippen LogP contribution in [0.3, 0.4) is 0 Å². The van der Waals surface area contributed by atoms with E-state index in [1.54, 1.807) is 17.0 Å². The Bertz CT molecular complexity index is 911. The van der Waals surface area contributed by atoms with Gasteiger partial charge in [0.2, 0.25) is 0 Å². The molecule has 0 fully saturated rings. The molecule has 132 valence electrons. The molecule has 0 saturated carbocycles.